The summed E-state index contributed by atoms with van der Waals surface area (Å²) in [5, 5.41) is -0.131. The molecule has 74 valence electrons. The summed E-state index contributed by atoms with van der Waals surface area (Å²) in [6.45, 7) is 0. The maximum absolute atomic E-state index is 12.2. The van der Waals surface area contributed by atoms with Crippen LogP contribution in [-0.2, 0) is 11.0 Å². The smallest absolute Gasteiger partial charge is 0.211 e. The van der Waals surface area contributed by atoms with E-state index in [1.165, 1.54) is 0 Å². The summed E-state index contributed by atoms with van der Waals surface area (Å²) in [5.74, 6) is 0. The highest BCUT2D eigenvalue weighted by molar-refractivity contribution is 6.30. The highest BCUT2D eigenvalue weighted by Crippen LogP contribution is 2.33. The van der Waals surface area contributed by atoms with Crippen LogP contribution in [0.3, 0.4) is 0 Å². The molecule has 0 fully saturated rings. The van der Waals surface area contributed by atoms with Crippen molar-refractivity contribution in [3.05, 3.63) is 28.8 Å². The third-order valence-corrected chi connectivity index (χ3v) is 1.60. The summed E-state index contributed by atoms with van der Waals surface area (Å²) < 4.78 is 36.6. The topological polar surface area (TPSA) is 29.4 Å². The Morgan fingerprint density at radius 1 is 1.29 bits per heavy atom. The molecule has 14 heavy (non-hydrogen) atoms. The number of benzene rings is 1. The molecule has 0 unspecified atom stereocenters. The molecule has 0 atom stereocenters. The van der Waals surface area contributed by atoms with Crippen LogP contribution in [0.25, 0.3) is 0 Å². The molecule has 0 aliphatic rings. The van der Waals surface area contributed by atoms with E-state index in [2.05, 4.69) is 4.99 Å². The van der Waals surface area contributed by atoms with Crippen LogP contribution in [0.2, 0.25) is 5.02 Å². The monoisotopic (exact) mass is 221 g/mol. The summed E-state index contributed by atoms with van der Waals surface area (Å²) in [4.78, 5) is 12.9. The molecule has 6 heteroatoms. The van der Waals surface area contributed by atoms with Gasteiger partial charge in [-0.3, -0.25) is 0 Å². The largest absolute Gasteiger partial charge is 0.416 e. The molecule has 0 N–H and O–H groups in total. The van der Waals surface area contributed by atoms with Gasteiger partial charge in [0.2, 0.25) is 6.08 Å². The Morgan fingerprint density at radius 2 is 1.93 bits per heavy atom. The van der Waals surface area contributed by atoms with Gasteiger partial charge in [0.25, 0.3) is 0 Å². The summed E-state index contributed by atoms with van der Waals surface area (Å²) in [5.41, 5.74) is -1.11. The fourth-order valence-electron chi connectivity index (χ4n) is 0.855. The predicted octanol–water partition coefficient (Wildman–Crippen LogP) is 3.33. The summed E-state index contributed by atoms with van der Waals surface area (Å²) in [7, 11) is 0. The molecule has 0 radical (unpaired) electrons. The Morgan fingerprint density at radius 3 is 2.43 bits per heavy atom. The minimum Gasteiger partial charge on any atom is -0.211 e. The van der Waals surface area contributed by atoms with Gasteiger partial charge in [0.15, 0.2) is 0 Å². The van der Waals surface area contributed by atoms with Gasteiger partial charge in [0.05, 0.1) is 11.3 Å². The van der Waals surface area contributed by atoms with Crippen LogP contribution in [-0.4, -0.2) is 6.08 Å². The Kier molecular flexibility index (Phi) is 2.93. The van der Waals surface area contributed by atoms with Gasteiger partial charge in [-0.15, -0.1) is 0 Å². The number of carbonyl (C=O) groups excluding carboxylic acids is 1. The number of rotatable bonds is 1. The number of hydrogen-bond donors (Lipinski definition) is 0. The van der Waals surface area contributed by atoms with Gasteiger partial charge in [0, 0.05) is 5.02 Å². The normalized spacial score (nSPS) is 10.9. The van der Waals surface area contributed by atoms with Crippen molar-refractivity contribution >= 4 is 23.4 Å². The van der Waals surface area contributed by atoms with Gasteiger partial charge in [-0.25, -0.2) is 4.79 Å². The van der Waals surface area contributed by atoms with E-state index in [0.29, 0.717) is 0 Å². The fraction of sp³-hybridized carbons (Fsp3) is 0.125. The molecule has 1 aromatic carbocycles. The van der Waals surface area contributed by atoms with E-state index >= 15 is 0 Å². The van der Waals surface area contributed by atoms with Crippen molar-refractivity contribution in [1.29, 1.82) is 0 Å². The van der Waals surface area contributed by atoms with Crippen molar-refractivity contribution in [2.24, 2.45) is 4.99 Å². The van der Waals surface area contributed by atoms with Crippen LogP contribution in [0.15, 0.2) is 23.2 Å². The summed E-state index contributed by atoms with van der Waals surface area (Å²) >= 11 is 5.40. The average molecular weight is 222 g/mol. The van der Waals surface area contributed by atoms with E-state index < -0.39 is 11.7 Å². The third kappa shape index (κ3) is 2.58. The zero-order valence-electron chi connectivity index (χ0n) is 6.60. The first kappa shape index (κ1) is 10.8. The molecule has 1 aromatic rings. The molecular weight excluding hydrogens is 219 g/mol. The maximum atomic E-state index is 12.2. The molecule has 0 bridgehead atoms. The van der Waals surface area contributed by atoms with Crippen LogP contribution >= 0.6 is 11.6 Å². The number of aliphatic imine (C=N–C) groups is 1. The summed E-state index contributed by atoms with van der Waals surface area (Å²) in [6.07, 6.45) is -3.36. The van der Waals surface area contributed by atoms with E-state index in [9.17, 15) is 18.0 Å². The standard InChI is InChI=1S/C8H3ClF3NO/c9-6-1-5(8(10,11)12)2-7(3-6)13-4-14/h1-3H. The van der Waals surface area contributed by atoms with E-state index in [1.807, 2.05) is 0 Å². The highest BCUT2D eigenvalue weighted by Gasteiger charge is 2.31. The lowest BCUT2D eigenvalue weighted by atomic mass is 10.2. The molecule has 2 nitrogen and oxygen atoms in total. The van der Waals surface area contributed by atoms with E-state index in [0.717, 1.165) is 24.3 Å². The first-order chi connectivity index (χ1) is 6.43. The van der Waals surface area contributed by atoms with E-state index in [4.69, 9.17) is 11.6 Å². The molecule has 0 spiro atoms. The average Bonchev–Trinajstić information content (AvgIpc) is 2.02. The highest BCUT2D eigenvalue weighted by atomic mass is 35.5. The van der Waals surface area contributed by atoms with Crippen LogP contribution in [0, 0.1) is 0 Å². The molecule has 0 amide bonds. The fourth-order valence-corrected chi connectivity index (χ4v) is 1.08. The molecule has 0 aromatic heterocycles. The number of alkyl halides is 3. The predicted molar refractivity (Wildman–Crippen MR) is 44.2 cm³/mol. The van der Waals surface area contributed by atoms with Crippen LogP contribution < -0.4 is 0 Å². The Bertz CT molecular complexity index is 396. The lowest BCUT2D eigenvalue weighted by Crippen LogP contribution is -2.04. The SMILES string of the molecule is O=C=Nc1cc(Cl)cc(C(F)(F)F)c1. The van der Waals surface area contributed by atoms with Gasteiger partial charge in [-0.05, 0) is 18.2 Å². The van der Waals surface area contributed by atoms with Crippen molar-refractivity contribution < 1.29 is 18.0 Å². The molecule has 1 rings (SSSR count). The first-order valence-electron chi connectivity index (χ1n) is 3.39. The lowest BCUT2D eigenvalue weighted by Gasteiger charge is -2.06. The van der Waals surface area contributed by atoms with E-state index in [-0.39, 0.29) is 10.7 Å². The second-order valence-electron chi connectivity index (χ2n) is 2.40. The van der Waals surface area contributed by atoms with Crippen molar-refractivity contribution in [2.75, 3.05) is 0 Å². The minimum absolute atomic E-state index is 0.131. The quantitative estimate of drug-likeness (QED) is 0.528. The minimum atomic E-state index is -4.50. The van der Waals surface area contributed by atoms with Gasteiger partial charge in [-0.1, -0.05) is 11.6 Å². The number of halogens is 4. The van der Waals surface area contributed by atoms with E-state index in [1.54, 1.807) is 0 Å². The second kappa shape index (κ2) is 3.82. The van der Waals surface area contributed by atoms with Gasteiger partial charge in [0.1, 0.15) is 0 Å². The van der Waals surface area contributed by atoms with Crippen molar-refractivity contribution in [3.63, 3.8) is 0 Å². The van der Waals surface area contributed by atoms with Crippen molar-refractivity contribution in [1.82, 2.24) is 0 Å². The Hall–Kier alpha value is -1.32. The molecule has 0 aliphatic heterocycles. The maximum Gasteiger partial charge on any atom is 0.416 e. The van der Waals surface area contributed by atoms with Crippen LogP contribution in [0.5, 0.6) is 0 Å². The Balaban J connectivity index is 3.27. The van der Waals surface area contributed by atoms with Crippen molar-refractivity contribution in [3.8, 4) is 0 Å². The zero-order valence-corrected chi connectivity index (χ0v) is 7.36. The molecule has 0 saturated carbocycles. The number of nitrogens with zero attached hydrogens (tertiary/aromatic N) is 1. The molecular formula is C8H3ClF3NO. The first-order valence-corrected chi connectivity index (χ1v) is 3.77. The van der Waals surface area contributed by atoms with Crippen molar-refractivity contribution in [2.45, 2.75) is 6.18 Å². The number of hydrogen-bond acceptors (Lipinski definition) is 2. The zero-order chi connectivity index (χ0) is 10.8. The Labute approximate surface area is 82.0 Å². The third-order valence-electron chi connectivity index (χ3n) is 1.38. The second-order valence-corrected chi connectivity index (χ2v) is 2.84. The lowest BCUT2D eigenvalue weighted by molar-refractivity contribution is -0.137. The molecule has 0 heterocycles. The van der Waals surface area contributed by atoms with Gasteiger partial charge in [-0.2, -0.15) is 18.2 Å². The number of isocyanates is 1. The molecule has 0 aliphatic carbocycles. The molecule has 0 saturated heterocycles. The van der Waals surface area contributed by atoms with Crippen LogP contribution in [0.4, 0.5) is 18.9 Å². The summed E-state index contributed by atoms with van der Waals surface area (Å²) in [6, 6.07) is 2.61. The van der Waals surface area contributed by atoms with Crippen LogP contribution in [0.1, 0.15) is 5.56 Å². The van der Waals surface area contributed by atoms with Gasteiger partial charge >= 0.3 is 6.18 Å². The van der Waals surface area contributed by atoms with Gasteiger partial charge < -0.3 is 0 Å².